The van der Waals surface area contributed by atoms with Crippen molar-refractivity contribution in [2.45, 2.75) is 0 Å². The summed E-state index contributed by atoms with van der Waals surface area (Å²) < 4.78 is 2.47. The van der Waals surface area contributed by atoms with E-state index < -0.39 is 5.56 Å². The number of halogens is 1. The maximum absolute atomic E-state index is 11.7. The topological polar surface area (TPSA) is 44.0 Å². The van der Waals surface area contributed by atoms with Gasteiger partial charge in [0, 0.05) is 13.1 Å². The van der Waals surface area contributed by atoms with Crippen molar-refractivity contribution in [1.29, 1.82) is 0 Å². The minimum absolute atomic E-state index is 0.0697. The third kappa shape index (κ3) is 1.67. The zero-order valence-corrected chi connectivity index (χ0v) is 9.31. The van der Waals surface area contributed by atoms with Gasteiger partial charge in [0.1, 0.15) is 5.02 Å². The number of hydrogen-bond acceptors (Lipinski definition) is 2. The van der Waals surface area contributed by atoms with Crippen molar-refractivity contribution in [3.05, 3.63) is 62.1 Å². The number of hydrogen-bond donors (Lipinski definition) is 0. The molecule has 5 heteroatoms. The summed E-state index contributed by atoms with van der Waals surface area (Å²) in [5.74, 6) is 0. The van der Waals surface area contributed by atoms with E-state index in [1.54, 1.807) is 24.3 Å². The first-order valence-electron chi connectivity index (χ1n) is 4.65. The lowest BCUT2D eigenvalue weighted by molar-refractivity contribution is 0.594. The average molecular weight is 237 g/mol. The average Bonchev–Trinajstić information content (AvgIpc) is 2.28. The molecule has 0 saturated heterocycles. The van der Waals surface area contributed by atoms with Crippen LogP contribution in [0.4, 0.5) is 0 Å². The van der Waals surface area contributed by atoms with Gasteiger partial charge in [0.25, 0.3) is 11.1 Å². The lowest BCUT2D eigenvalue weighted by Crippen LogP contribution is -2.35. The molecule has 0 atom stereocenters. The highest BCUT2D eigenvalue weighted by molar-refractivity contribution is 6.30. The number of aromatic nitrogens is 2. The smallest absolute Gasteiger partial charge is 0.267 e. The van der Waals surface area contributed by atoms with Crippen molar-refractivity contribution in [3.8, 4) is 5.69 Å². The Bertz CT molecular complexity index is 629. The van der Waals surface area contributed by atoms with Gasteiger partial charge in [-0.3, -0.25) is 9.59 Å². The van der Waals surface area contributed by atoms with E-state index in [0.29, 0.717) is 5.69 Å². The van der Waals surface area contributed by atoms with Crippen LogP contribution in [0.5, 0.6) is 0 Å². The van der Waals surface area contributed by atoms with Crippen LogP contribution in [0.1, 0.15) is 0 Å². The fraction of sp³-hybridized carbons (Fsp3) is 0.0909. The Hall–Kier alpha value is -1.81. The van der Waals surface area contributed by atoms with Gasteiger partial charge in [0.15, 0.2) is 0 Å². The third-order valence-electron chi connectivity index (χ3n) is 2.26. The lowest BCUT2D eigenvalue weighted by atomic mass is 10.3. The molecule has 0 aliphatic rings. The van der Waals surface area contributed by atoms with Crippen LogP contribution in [0.25, 0.3) is 5.69 Å². The van der Waals surface area contributed by atoms with Crippen LogP contribution in [0.2, 0.25) is 5.02 Å². The summed E-state index contributed by atoms with van der Waals surface area (Å²) >= 11 is 5.63. The zero-order valence-electron chi connectivity index (χ0n) is 8.55. The van der Waals surface area contributed by atoms with E-state index in [0.717, 1.165) is 6.07 Å². The molecule has 4 nitrogen and oxygen atoms in total. The van der Waals surface area contributed by atoms with Gasteiger partial charge in [0.05, 0.1) is 5.69 Å². The maximum atomic E-state index is 11.7. The Balaban J connectivity index is 2.82. The van der Waals surface area contributed by atoms with E-state index in [-0.39, 0.29) is 10.6 Å². The molecule has 1 aromatic heterocycles. The number of rotatable bonds is 1. The maximum Gasteiger partial charge on any atom is 0.284 e. The van der Waals surface area contributed by atoms with Crippen LogP contribution in [0.3, 0.4) is 0 Å². The minimum Gasteiger partial charge on any atom is -0.267 e. The summed E-state index contributed by atoms with van der Waals surface area (Å²) in [6.45, 7) is 0. The molecule has 0 aliphatic carbocycles. The van der Waals surface area contributed by atoms with Crippen LogP contribution in [-0.4, -0.2) is 9.36 Å². The van der Waals surface area contributed by atoms with Crippen LogP contribution in [0, 0.1) is 0 Å². The minimum atomic E-state index is -0.398. The zero-order chi connectivity index (χ0) is 11.7. The fourth-order valence-corrected chi connectivity index (χ4v) is 1.71. The van der Waals surface area contributed by atoms with Crippen molar-refractivity contribution in [1.82, 2.24) is 9.36 Å². The molecule has 82 valence electrons. The molecule has 0 fully saturated rings. The number of benzene rings is 1. The van der Waals surface area contributed by atoms with Gasteiger partial charge in [0.2, 0.25) is 0 Å². The predicted octanol–water partition coefficient (Wildman–Crippen LogP) is 1.19. The van der Waals surface area contributed by atoms with Crippen molar-refractivity contribution in [2.75, 3.05) is 0 Å². The largest absolute Gasteiger partial charge is 0.284 e. The SMILES string of the molecule is Cn1c(=O)c(Cl)cc(=O)n1-c1ccccc1. The summed E-state index contributed by atoms with van der Waals surface area (Å²) in [6.07, 6.45) is 0. The summed E-state index contributed by atoms with van der Waals surface area (Å²) in [5, 5.41) is -0.0697. The molecule has 2 aromatic rings. The van der Waals surface area contributed by atoms with Crippen molar-refractivity contribution >= 4 is 11.6 Å². The van der Waals surface area contributed by atoms with Gasteiger partial charge in [-0.1, -0.05) is 29.8 Å². The Morgan fingerprint density at radius 2 is 1.75 bits per heavy atom. The van der Waals surface area contributed by atoms with E-state index in [1.165, 1.54) is 16.4 Å². The molecule has 0 bridgehead atoms. The van der Waals surface area contributed by atoms with Crippen LogP contribution in [0.15, 0.2) is 46.0 Å². The number of nitrogens with zero attached hydrogens (tertiary/aromatic N) is 2. The summed E-state index contributed by atoms with van der Waals surface area (Å²) in [5.41, 5.74) is -0.104. The van der Waals surface area contributed by atoms with Crippen LogP contribution in [-0.2, 0) is 7.05 Å². The van der Waals surface area contributed by atoms with Crippen molar-refractivity contribution in [3.63, 3.8) is 0 Å². The quantitative estimate of drug-likeness (QED) is 0.747. The molecule has 0 unspecified atom stereocenters. The van der Waals surface area contributed by atoms with Crippen LogP contribution < -0.4 is 11.1 Å². The molecule has 0 saturated carbocycles. The molecule has 16 heavy (non-hydrogen) atoms. The van der Waals surface area contributed by atoms with Crippen molar-refractivity contribution < 1.29 is 0 Å². The molecule has 0 aliphatic heterocycles. The fourth-order valence-electron chi connectivity index (χ4n) is 1.49. The predicted molar refractivity (Wildman–Crippen MR) is 62.3 cm³/mol. The van der Waals surface area contributed by atoms with E-state index in [1.807, 2.05) is 6.07 Å². The molecular weight excluding hydrogens is 228 g/mol. The highest BCUT2D eigenvalue weighted by atomic mass is 35.5. The monoisotopic (exact) mass is 236 g/mol. The van der Waals surface area contributed by atoms with E-state index in [4.69, 9.17) is 11.6 Å². The Morgan fingerprint density at radius 1 is 1.12 bits per heavy atom. The molecule has 0 radical (unpaired) electrons. The molecule has 1 heterocycles. The molecule has 0 amide bonds. The Kier molecular flexibility index (Phi) is 2.66. The molecule has 0 N–H and O–H groups in total. The molecular formula is C11H9ClN2O2. The van der Waals surface area contributed by atoms with Gasteiger partial charge in [-0.05, 0) is 12.1 Å². The third-order valence-corrected chi connectivity index (χ3v) is 2.53. The molecule has 2 rings (SSSR count). The summed E-state index contributed by atoms with van der Waals surface area (Å²) in [7, 11) is 1.50. The summed E-state index contributed by atoms with van der Waals surface area (Å²) in [6, 6.07) is 10.0. The first-order valence-corrected chi connectivity index (χ1v) is 5.03. The second kappa shape index (κ2) is 3.98. The normalized spacial score (nSPS) is 10.4. The Morgan fingerprint density at radius 3 is 2.38 bits per heavy atom. The van der Waals surface area contributed by atoms with Crippen LogP contribution >= 0.6 is 11.6 Å². The van der Waals surface area contributed by atoms with E-state index >= 15 is 0 Å². The number of para-hydroxylation sites is 1. The van der Waals surface area contributed by atoms with Gasteiger partial charge in [-0.15, -0.1) is 0 Å². The van der Waals surface area contributed by atoms with Gasteiger partial charge in [-0.25, -0.2) is 9.36 Å². The highest BCUT2D eigenvalue weighted by Gasteiger charge is 2.07. The van der Waals surface area contributed by atoms with E-state index in [2.05, 4.69) is 0 Å². The first kappa shape index (κ1) is 10.7. The highest BCUT2D eigenvalue weighted by Crippen LogP contribution is 2.03. The molecule has 0 spiro atoms. The second-order valence-electron chi connectivity index (χ2n) is 3.31. The van der Waals surface area contributed by atoms with Crippen molar-refractivity contribution in [2.24, 2.45) is 7.05 Å². The summed E-state index contributed by atoms with van der Waals surface area (Å²) in [4.78, 5) is 23.3. The van der Waals surface area contributed by atoms with Gasteiger partial charge < -0.3 is 0 Å². The second-order valence-corrected chi connectivity index (χ2v) is 3.71. The first-order chi connectivity index (χ1) is 7.61. The van der Waals surface area contributed by atoms with E-state index in [9.17, 15) is 9.59 Å². The lowest BCUT2D eigenvalue weighted by Gasteiger charge is -2.10. The standard InChI is InChI=1S/C11H9ClN2O2/c1-13-11(16)9(12)7-10(15)14(13)8-5-3-2-4-6-8/h2-7H,1H3. The van der Waals surface area contributed by atoms with Gasteiger partial charge >= 0.3 is 0 Å². The van der Waals surface area contributed by atoms with Gasteiger partial charge in [-0.2, -0.15) is 0 Å². The molecule has 1 aromatic carbocycles. The Labute approximate surface area is 96.3 Å².